The zero-order valence-electron chi connectivity index (χ0n) is 12.7. The van der Waals surface area contributed by atoms with Crippen LogP contribution in [0.1, 0.15) is 27.4 Å². The summed E-state index contributed by atoms with van der Waals surface area (Å²) in [5, 5.41) is 22.4. The Bertz CT molecular complexity index is 897. The number of benzene rings is 1. The van der Waals surface area contributed by atoms with E-state index in [1.807, 2.05) is 6.07 Å². The zero-order valence-corrected chi connectivity index (χ0v) is 12.7. The number of tetrazole rings is 1. The van der Waals surface area contributed by atoms with Crippen LogP contribution in [0.5, 0.6) is 0 Å². The predicted octanol–water partition coefficient (Wildman–Crippen LogP) is 0.948. The van der Waals surface area contributed by atoms with E-state index in [0.29, 0.717) is 23.4 Å². The Hall–Kier alpha value is -2.74. The first-order valence-corrected chi connectivity index (χ1v) is 7.43. The molecular weight excluding hydrogens is 296 g/mol. The second-order valence-corrected chi connectivity index (χ2v) is 5.77. The number of nitrogens with zero attached hydrogens (tertiary/aromatic N) is 5. The Morgan fingerprint density at radius 1 is 1.43 bits per heavy atom. The molecule has 1 aromatic carbocycles. The van der Waals surface area contributed by atoms with Gasteiger partial charge in [-0.3, -0.25) is 4.90 Å². The van der Waals surface area contributed by atoms with Crippen LogP contribution in [0.3, 0.4) is 0 Å². The lowest BCUT2D eigenvalue weighted by atomic mass is 10.0. The third-order valence-corrected chi connectivity index (χ3v) is 4.23. The van der Waals surface area contributed by atoms with Crippen LogP contribution in [0, 0.1) is 0 Å². The van der Waals surface area contributed by atoms with Crippen LogP contribution in [0.25, 0.3) is 10.9 Å². The van der Waals surface area contributed by atoms with E-state index in [9.17, 15) is 9.90 Å². The van der Waals surface area contributed by atoms with E-state index in [4.69, 9.17) is 0 Å². The van der Waals surface area contributed by atoms with Crippen molar-refractivity contribution in [3.05, 3.63) is 40.8 Å². The number of aryl methyl sites for hydroxylation is 1. The van der Waals surface area contributed by atoms with Gasteiger partial charge >= 0.3 is 5.97 Å². The highest BCUT2D eigenvalue weighted by atomic mass is 16.4. The third-order valence-electron chi connectivity index (χ3n) is 4.23. The molecule has 23 heavy (non-hydrogen) atoms. The van der Waals surface area contributed by atoms with E-state index in [1.165, 1.54) is 10.4 Å². The number of aromatic nitrogens is 5. The van der Waals surface area contributed by atoms with Crippen LogP contribution in [-0.4, -0.2) is 47.7 Å². The maximum Gasteiger partial charge on any atom is 0.337 e. The number of hydrogen-bond acceptors (Lipinski definition) is 5. The quantitative estimate of drug-likeness (QED) is 0.747. The normalized spacial score (nSPS) is 15.0. The van der Waals surface area contributed by atoms with Crippen LogP contribution in [-0.2, 0) is 26.6 Å². The largest absolute Gasteiger partial charge is 0.478 e. The second-order valence-electron chi connectivity index (χ2n) is 5.77. The molecule has 0 spiro atoms. The van der Waals surface area contributed by atoms with Crippen molar-refractivity contribution in [2.75, 3.05) is 6.54 Å². The maximum absolute atomic E-state index is 11.4. The Labute approximate surface area is 131 Å². The minimum Gasteiger partial charge on any atom is -0.478 e. The summed E-state index contributed by atoms with van der Waals surface area (Å²) >= 11 is 0. The molecule has 0 saturated carbocycles. The minimum atomic E-state index is -0.908. The van der Waals surface area contributed by atoms with Gasteiger partial charge in [0.2, 0.25) is 0 Å². The number of aromatic carboxylic acids is 1. The van der Waals surface area contributed by atoms with Gasteiger partial charge in [0.05, 0.1) is 24.7 Å². The average molecular weight is 312 g/mol. The topological polar surface area (TPSA) is 99.9 Å². The van der Waals surface area contributed by atoms with E-state index in [2.05, 4.69) is 25.3 Å². The summed E-state index contributed by atoms with van der Waals surface area (Å²) in [4.78, 5) is 18.4. The van der Waals surface area contributed by atoms with Crippen molar-refractivity contribution in [1.29, 1.82) is 0 Å². The summed E-state index contributed by atoms with van der Waals surface area (Å²) in [5.41, 5.74) is 3.32. The summed E-state index contributed by atoms with van der Waals surface area (Å²) in [6, 6.07) is 5.40. The number of H-pyrrole nitrogens is 1. The second kappa shape index (κ2) is 5.17. The predicted molar refractivity (Wildman–Crippen MR) is 81.9 cm³/mol. The summed E-state index contributed by atoms with van der Waals surface area (Å²) < 4.78 is 0. The summed E-state index contributed by atoms with van der Waals surface area (Å²) in [6.07, 6.45) is 0.851. The van der Waals surface area contributed by atoms with Crippen LogP contribution >= 0.6 is 0 Å². The number of nitrogens with one attached hydrogen (secondary N) is 1. The van der Waals surface area contributed by atoms with Crippen molar-refractivity contribution in [3.8, 4) is 0 Å². The standard InChI is InChI=1S/C15H16N6O2/c1-20-18-13(17-19-20)8-21-6-5-12-11(7-21)9-3-2-4-10(15(22)23)14(9)16-12/h2-4,16H,5-8H2,1H3,(H,22,23). The molecule has 3 heterocycles. The van der Waals surface area contributed by atoms with Gasteiger partial charge in [-0.1, -0.05) is 12.1 Å². The maximum atomic E-state index is 11.4. The lowest BCUT2D eigenvalue weighted by molar-refractivity contribution is 0.0699. The Morgan fingerprint density at radius 3 is 3.04 bits per heavy atom. The molecule has 0 unspecified atom stereocenters. The fraction of sp³-hybridized carbons (Fsp3) is 0.333. The molecule has 118 valence electrons. The Balaban J connectivity index is 1.67. The summed E-state index contributed by atoms with van der Waals surface area (Å²) in [7, 11) is 1.75. The molecule has 0 aliphatic carbocycles. The van der Waals surface area contributed by atoms with Crippen molar-refractivity contribution in [3.63, 3.8) is 0 Å². The van der Waals surface area contributed by atoms with Crippen LogP contribution in [0.4, 0.5) is 0 Å². The summed E-state index contributed by atoms with van der Waals surface area (Å²) in [6.45, 7) is 2.26. The van der Waals surface area contributed by atoms with Crippen LogP contribution < -0.4 is 0 Å². The first-order valence-electron chi connectivity index (χ1n) is 7.43. The molecule has 8 nitrogen and oxygen atoms in total. The van der Waals surface area contributed by atoms with Crippen LogP contribution in [0.2, 0.25) is 0 Å². The molecule has 1 aliphatic rings. The summed E-state index contributed by atoms with van der Waals surface area (Å²) in [5.74, 6) is -0.211. The van der Waals surface area contributed by atoms with E-state index < -0.39 is 5.97 Å². The van der Waals surface area contributed by atoms with Crippen molar-refractivity contribution in [2.45, 2.75) is 19.5 Å². The number of carboxylic acids is 1. The smallest absolute Gasteiger partial charge is 0.337 e. The van der Waals surface area contributed by atoms with Gasteiger partial charge in [0.1, 0.15) is 0 Å². The Kier molecular flexibility index (Phi) is 3.12. The minimum absolute atomic E-state index is 0.319. The molecule has 2 aromatic heterocycles. The van der Waals surface area contributed by atoms with E-state index in [1.54, 1.807) is 19.2 Å². The molecule has 8 heteroatoms. The third kappa shape index (κ3) is 2.36. The molecule has 3 aromatic rings. The first-order chi connectivity index (χ1) is 11.1. The molecule has 2 N–H and O–H groups in total. The van der Waals surface area contributed by atoms with Gasteiger partial charge in [-0.2, -0.15) is 4.80 Å². The van der Waals surface area contributed by atoms with Crippen LogP contribution in [0.15, 0.2) is 18.2 Å². The highest BCUT2D eigenvalue weighted by Gasteiger charge is 2.23. The van der Waals surface area contributed by atoms with Gasteiger partial charge in [-0.25, -0.2) is 4.79 Å². The van der Waals surface area contributed by atoms with Gasteiger partial charge in [0.15, 0.2) is 5.82 Å². The number of fused-ring (bicyclic) bond motifs is 3. The molecule has 0 fully saturated rings. The van der Waals surface area contributed by atoms with Crippen molar-refractivity contribution >= 4 is 16.9 Å². The van der Waals surface area contributed by atoms with E-state index in [0.717, 1.165) is 30.6 Å². The number of hydrogen-bond donors (Lipinski definition) is 2. The molecule has 0 atom stereocenters. The highest BCUT2D eigenvalue weighted by Crippen LogP contribution is 2.30. The molecular formula is C15H16N6O2. The average Bonchev–Trinajstić information content (AvgIpc) is 3.10. The number of carbonyl (C=O) groups is 1. The lowest BCUT2D eigenvalue weighted by Crippen LogP contribution is -2.30. The Morgan fingerprint density at radius 2 is 2.30 bits per heavy atom. The van der Waals surface area contributed by atoms with E-state index >= 15 is 0 Å². The van der Waals surface area contributed by atoms with Gasteiger partial charge in [-0.15, -0.1) is 10.2 Å². The van der Waals surface area contributed by atoms with Crippen molar-refractivity contribution in [1.82, 2.24) is 30.1 Å². The SMILES string of the molecule is Cn1nnc(CN2CCc3[nH]c4c(C(=O)O)cccc4c3C2)n1. The van der Waals surface area contributed by atoms with Gasteiger partial charge in [0, 0.05) is 30.6 Å². The van der Waals surface area contributed by atoms with Crippen molar-refractivity contribution < 1.29 is 9.90 Å². The molecule has 0 bridgehead atoms. The fourth-order valence-electron chi connectivity index (χ4n) is 3.19. The zero-order chi connectivity index (χ0) is 16.0. The molecule has 0 amide bonds. The molecule has 4 rings (SSSR count). The molecule has 0 saturated heterocycles. The van der Waals surface area contributed by atoms with E-state index in [-0.39, 0.29) is 0 Å². The van der Waals surface area contributed by atoms with Gasteiger partial charge < -0.3 is 10.1 Å². The van der Waals surface area contributed by atoms with Gasteiger partial charge in [-0.05, 0) is 16.8 Å². The number of para-hydroxylation sites is 1. The van der Waals surface area contributed by atoms with Crippen molar-refractivity contribution in [2.24, 2.45) is 7.05 Å². The van der Waals surface area contributed by atoms with Gasteiger partial charge in [0.25, 0.3) is 0 Å². The first kappa shape index (κ1) is 13.9. The molecule has 1 aliphatic heterocycles. The number of rotatable bonds is 3. The lowest BCUT2D eigenvalue weighted by Gasteiger charge is -2.25. The fourth-order valence-corrected chi connectivity index (χ4v) is 3.19. The number of aromatic amines is 1. The monoisotopic (exact) mass is 312 g/mol. The molecule has 0 radical (unpaired) electrons. The highest BCUT2D eigenvalue weighted by molar-refractivity contribution is 6.03. The number of carboxylic acid groups (broad SMARTS) is 1.